The van der Waals surface area contributed by atoms with Crippen LogP contribution in [0, 0.1) is 0 Å². The maximum absolute atomic E-state index is 13.1. The lowest BCUT2D eigenvalue weighted by Gasteiger charge is -2.37. The van der Waals surface area contributed by atoms with Crippen LogP contribution in [0.1, 0.15) is 70.5 Å². The first-order valence-electron chi connectivity index (χ1n) is 11.7. The summed E-state index contributed by atoms with van der Waals surface area (Å²) in [7, 11) is 0. The minimum atomic E-state index is -0.615. The van der Waals surface area contributed by atoms with Crippen LogP contribution in [0.2, 0.25) is 0 Å². The molecule has 0 saturated carbocycles. The Morgan fingerprint density at radius 2 is 1.88 bits per heavy atom. The van der Waals surface area contributed by atoms with Crippen LogP contribution >= 0.6 is 0 Å². The minimum absolute atomic E-state index is 0.215. The molecule has 1 aliphatic heterocycles. The largest absolute Gasteiger partial charge is 0.445 e. The number of hydrogen-bond donors (Lipinski definition) is 0. The fourth-order valence-corrected chi connectivity index (χ4v) is 3.99. The van der Waals surface area contributed by atoms with Gasteiger partial charge in [-0.3, -0.25) is 4.90 Å². The Morgan fingerprint density at radius 3 is 2.58 bits per heavy atom. The van der Waals surface area contributed by atoms with E-state index in [0.29, 0.717) is 18.9 Å². The van der Waals surface area contributed by atoms with Gasteiger partial charge in [0.25, 0.3) is 0 Å². The number of carbonyl (C=O) groups is 2. The van der Waals surface area contributed by atoms with Gasteiger partial charge in [-0.2, -0.15) is 0 Å². The number of pyridine rings is 1. The van der Waals surface area contributed by atoms with Crippen molar-refractivity contribution in [2.24, 2.45) is 0 Å². The lowest BCUT2D eigenvalue weighted by molar-refractivity contribution is 0.0577. The highest BCUT2D eigenvalue weighted by molar-refractivity contribution is 5.87. The molecule has 1 aliphatic rings. The quantitative estimate of drug-likeness (QED) is 0.529. The molecule has 7 nitrogen and oxygen atoms in total. The van der Waals surface area contributed by atoms with E-state index in [-0.39, 0.29) is 18.7 Å². The summed E-state index contributed by atoms with van der Waals surface area (Å²) >= 11 is 0. The third kappa shape index (κ3) is 6.70. The van der Waals surface area contributed by atoms with E-state index in [1.807, 2.05) is 70.2 Å². The van der Waals surface area contributed by atoms with Crippen LogP contribution in [0.3, 0.4) is 0 Å². The molecule has 1 saturated heterocycles. The number of nitrogens with zero attached hydrogens (tertiary/aromatic N) is 3. The molecule has 2 heterocycles. The van der Waals surface area contributed by atoms with E-state index >= 15 is 0 Å². The van der Waals surface area contributed by atoms with E-state index in [1.54, 1.807) is 16.0 Å². The summed E-state index contributed by atoms with van der Waals surface area (Å²) in [6.07, 6.45) is 4.33. The van der Waals surface area contributed by atoms with Crippen molar-refractivity contribution in [1.29, 1.82) is 0 Å². The number of piperidine rings is 1. The second kappa shape index (κ2) is 11.2. The zero-order valence-corrected chi connectivity index (χ0v) is 20.1. The van der Waals surface area contributed by atoms with Gasteiger partial charge in [-0.05, 0) is 58.1 Å². The van der Waals surface area contributed by atoms with Gasteiger partial charge in [-0.1, -0.05) is 43.3 Å². The van der Waals surface area contributed by atoms with Crippen molar-refractivity contribution in [2.75, 3.05) is 18.0 Å². The van der Waals surface area contributed by atoms with Crippen molar-refractivity contribution in [1.82, 2.24) is 9.88 Å². The number of rotatable bonds is 6. The molecule has 0 bridgehead atoms. The summed E-state index contributed by atoms with van der Waals surface area (Å²) in [6, 6.07) is 13.2. The van der Waals surface area contributed by atoms with Gasteiger partial charge in [0.15, 0.2) is 0 Å². The smallest absolute Gasteiger partial charge is 0.416 e. The molecule has 0 radical (unpaired) electrons. The fraction of sp³-hybridized carbons (Fsp3) is 0.500. The van der Waals surface area contributed by atoms with Gasteiger partial charge in [0.1, 0.15) is 18.0 Å². The van der Waals surface area contributed by atoms with Crippen molar-refractivity contribution >= 4 is 18.0 Å². The van der Waals surface area contributed by atoms with Crippen LogP contribution in [0.5, 0.6) is 0 Å². The minimum Gasteiger partial charge on any atom is -0.445 e. The number of amides is 2. The Labute approximate surface area is 196 Å². The number of ether oxygens (including phenoxy) is 2. The Morgan fingerprint density at radius 1 is 1.12 bits per heavy atom. The molecule has 1 aromatic carbocycles. The first-order valence-corrected chi connectivity index (χ1v) is 11.7. The number of benzene rings is 1. The highest BCUT2D eigenvalue weighted by Gasteiger charge is 2.34. The Bertz CT molecular complexity index is 927. The summed E-state index contributed by atoms with van der Waals surface area (Å²) in [6.45, 7) is 8.85. The first-order chi connectivity index (χ1) is 15.8. The molecule has 3 rings (SSSR count). The fourth-order valence-electron chi connectivity index (χ4n) is 3.99. The van der Waals surface area contributed by atoms with Crippen LogP contribution in [-0.4, -0.2) is 40.8 Å². The van der Waals surface area contributed by atoms with Crippen LogP contribution < -0.4 is 4.90 Å². The van der Waals surface area contributed by atoms with Crippen molar-refractivity contribution in [3.05, 3.63) is 59.8 Å². The van der Waals surface area contributed by atoms with Gasteiger partial charge < -0.3 is 14.4 Å². The third-order valence-electron chi connectivity index (χ3n) is 5.44. The van der Waals surface area contributed by atoms with Crippen LogP contribution in [0.25, 0.3) is 0 Å². The molecule has 178 valence electrons. The zero-order valence-electron chi connectivity index (χ0n) is 20.1. The van der Waals surface area contributed by atoms with Crippen molar-refractivity contribution < 1.29 is 19.1 Å². The maximum Gasteiger partial charge on any atom is 0.416 e. The standard InChI is InChI=1S/C26H35N3O4/c1-5-17-29(25(31)33-26(2,3)4)23-21(14-11-16-27-23)22-15-9-10-18-28(22)24(30)32-19-20-12-7-6-8-13-20/h6-8,11-14,16,22H,5,9-10,15,17-19H2,1-4H3. The number of hydrogen-bond acceptors (Lipinski definition) is 5. The molecule has 1 aromatic heterocycles. The summed E-state index contributed by atoms with van der Waals surface area (Å²) < 4.78 is 11.3. The van der Waals surface area contributed by atoms with Gasteiger partial charge >= 0.3 is 12.2 Å². The predicted octanol–water partition coefficient (Wildman–Crippen LogP) is 6.10. The molecular formula is C26H35N3O4. The van der Waals surface area contributed by atoms with E-state index in [1.165, 1.54) is 0 Å². The van der Waals surface area contributed by atoms with Crippen molar-refractivity contribution in [3.63, 3.8) is 0 Å². The lowest BCUT2D eigenvalue weighted by atomic mass is 9.95. The maximum atomic E-state index is 13.1. The molecule has 1 fully saturated rings. The van der Waals surface area contributed by atoms with E-state index < -0.39 is 11.7 Å². The number of likely N-dealkylation sites (tertiary alicyclic amines) is 1. The molecule has 0 N–H and O–H groups in total. The zero-order chi connectivity index (χ0) is 23.8. The molecule has 7 heteroatoms. The van der Waals surface area contributed by atoms with Gasteiger partial charge in [0, 0.05) is 24.8 Å². The third-order valence-corrected chi connectivity index (χ3v) is 5.44. The first kappa shape index (κ1) is 24.6. The Balaban J connectivity index is 1.85. The highest BCUT2D eigenvalue weighted by atomic mass is 16.6. The number of carbonyl (C=O) groups excluding carboxylic acids is 2. The van der Waals surface area contributed by atoms with Gasteiger partial charge in [0.2, 0.25) is 0 Å². The molecule has 1 atom stereocenters. The molecule has 33 heavy (non-hydrogen) atoms. The van der Waals surface area contributed by atoms with Gasteiger partial charge in [-0.15, -0.1) is 0 Å². The molecule has 2 amide bonds. The Hall–Kier alpha value is -3.09. The molecular weight excluding hydrogens is 418 g/mol. The highest BCUT2D eigenvalue weighted by Crippen LogP contribution is 2.36. The number of anilines is 1. The van der Waals surface area contributed by atoms with Crippen LogP contribution in [0.15, 0.2) is 48.7 Å². The van der Waals surface area contributed by atoms with E-state index in [9.17, 15) is 9.59 Å². The average molecular weight is 454 g/mol. The number of aromatic nitrogens is 1. The Kier molecular flexibility index (Phi) is 8.31. The van der Waals surface area contributed by atoms with E-state index in [4.69, 9.17) is 9.47 Å². The predicted molar refractivity (Wildman–Crippen MR) is 128 cm³/mol. The summed E-state index contributed by atoms with van der Waals surface area (Å²) in [4.78, 5) is 34.0. The van der Waals surface area contributed by atoms with Crippen molar-refractivity contribution in [2.45, 2.75) is 71.6 Å². The molecule has 0 aliphatic carbocycles. The van der Waals surface area contributed by atoms with Gasteiger partial charge in [0.05, 0.1) is 6.04 Å². The van der Waals surface area contributed by atoms with Gasteiger partial charge in [-0.25, -0.2) is 14.6 Å². The SMILES string of the molecule is CCCN(C(=O)OC(C)(C)C)c1ncccc1C1CCCCN1C(=O)OCc1ccccc1. The second-order valence-electron chi connectivity index (χ2n) is 9.29. The molecule has 1 unspecified atom stereocenters. The van der Waals surface area contributed by atoms with E-state index in [2.05, 4.69) is 4.98 Å². The normalized spacial score (nSPS) is 16.2. The monoisotopic (exact) mass is 453 g/mol. The average Bonchev–Trinajstić information content (AvgIpc) is 2.80. The summed E-state index contributed by atoms with van der Waals surface area (Å²) in [5.74, 6) is 0.543. The summed E-state index contributed by atoms with van der Waals surface area (Å²) in [5.41, 5.74) is 1.17. The van der Waals surface area contributed by atoms with Crippen LogP contribution in [-0.2, 0) is 16.1 Å². The summed E-state index contributed by atoms with van der Waals surface area (Å²) in [5, 5.41) is 0. The lowest BCUT2D eigenvalue weighted by Crippen LogP contribution is -2.41. The van der Waals surface area contributed by atoms with Crippen LogP contribution in [0.4, 0.5) is 15.4 Å². The van der Waals surface area contributed by atoms with E-state index in [0.717, 1.165) is 36.8 Å². The molecule has 2 aromatic rings. The second-order valence-corrected chi connectivity index (χ2v) is 9.29. The van der Waals surface area contributed by atoms with Crippen molar-refractivity contribution in [3.8, 4) is 0 Å². The molecule has 0 spiro atoms. The topological polar surface area (TPSA) is 72.0 Å².